The number of thiocarbonyl (C=S) groups is 1. The molecule has 0 aliphatic rings. The van der Waals surface area contributed by atoms with Crippen LogP contribution in [0.15, 0.2) is 60.8 Å². The number of pyridine rings is 2. The van der Waals surface area contributed by atoms with Crippen LogP contribution in [-0.2, 0) is 0 Å². The van der Waals surface area contributed by atoms with Crippen LogP contribution in [0.25, 0.3) is 10.9 Å². The van der Waals surface area contributed by atoms with E-state index in [2.05, 4.69) is 15.3 Å². The van der Waals surface area contributed by atoms with E-state index in [1.54, 1.807) is 6.20 Å². The first kappa shape index (κ1) is 11.7. The quantitative estimate of drug-likeness (QED) is 0.720. The predicted octanol–water partition coefficient (Wildman–Crippen LogP) is 3.42. The van der Waals surface area contributed by atoms with Crippen molar-refractivity contribution in [3.8, 4) is 0 Å². The molecule has 0 fully saturated rings. The van der Waals surface area contributed by atoms with Gasteiger partial charge in [0.25, 0.3) is 0 Å². The van der Waals surface area contributed by atoms with Crippen molar-refractivity contribution in [3.63, 3.8) is 0 Å². The molecule has 3 rings (SSSR count). The van der Waals surface area contributed by atoms with Gasteiger partial charge in [-0.05, 0) is 24.3 Å². The highest BCUT2D eigenvalue weighted by Gasteiger charge is 2.04. The zero-order chi connectivity index (χ0) is 13.1. The lowest BCUT2D eigenvalue weighted by Crippen LogP contribution is -2.13. The second kappa shape index (κ2) is 5.12. The topological polar surface area (TPSA) is 37.8 Å². The van der Waals surface area contributed by atoms with E-state index in [-0.39, 0.29) is 0 Å². The van der Waals surface area contributed by atoms with E-state index < -0.39 is 0 Å². The molecule has 3 aromatic rings. The van der Waals surface area contributed by atoms with Gasteiger partial charge in [0.05, 0.1) is 11.2 Å². The smallest absolute Gasteiger partial charge is 0.130 e. The van der Waals surface area contributed by atoms with Crippen molar-refractivity contribution in [2.75, 3.05) is 5.32 Å². The first-order valence-corrected chi connectivity index (χ1v) is 6.32. The lowest BCUT2D eigenvalue weighted by Gasteiger charge is -2.07. The Morgan fingerprint density at radius 1 is 0.947 bits per heavy atom. The molecule has 3 nitrogen and oxygen atoms in total. The summed E-state index contributed by atoms with van der Waals surface area (Å²) in [5.41, 5.74) is 1.68. The van der Waals surface area contributed by atoms with Gasteiger partial charge in [0, 0.05) is 11.6 Å². The van der Waals surface area contributed by atoms with Crippen molar-refractivity contribution in [2.24, 2.45) is 0 Å². The van der Waals surface area contributed by atoms with Crippen molar-refractivity contribution >= 4 is 33.9 Å². The first-order valence-electron chi connectivity index (χ1n) is 5.91. The summed E-state index contributed by atoms with van der Waals surface area (Å²) in [6.45, 7) is 0. The molecule has 19 heavy (non-hydrogen) atoms. The fourth-order valence-corrected chi connectivity index (χ4v) is 2.03. The maximum atomic E-state index is 5.35. The molecule has 0 unspecified atom stereocenters. The number of nitrogens with one attached hydrogen (secondary N) is 1. The van der Waals surface area contributed by atoms with Crippen LogP contribution in [-0.4, -0.2) is 15.0 Å². The summed E-state index contributed by atoms with van der Waals surface area (Å²) in [7, 11) is 0. The van der Waals surface area contributed by atoms with Gasteiger partial charge in [-0.2, -0.15) is 0 Å². The third-order valence-electron chi connectivity index (χ3n) is 2.74. The molecule has 4 heteroatoms. The van der Waals surface area contributed by atoms with Crippen molar-refractivity contribution in [1.82, 2.24) is 9.97 Å². The highest BCUT2D eigenvalue weighted by Crippen LogP contribution is 2.13. The van der Waals surface area contributed by atoms with Gasteiger partial charge in [0.15, 0.2) is 0 Å². The van der Waals surface area contributed by atoms with Gasteiger partial charge in [0.1, 0.15) is 10.8 Å². The summed E-state index contributed by atoms with van der Waals surface area (Å²) in [4.78, 5) is 9.29. The maximum Gasteiger partial charge on any atom is 0.130 e. The van der Waals surface area contributed by atoms with Gasteiger partial charge in [-0.15, -0.1) is 0 Å². The molecule has 0 saturated carbocycles. The van der Waals surface area contributed by atoms with Crippen LogP contribution in [0.3, 0.4) is 0 Å². The zero-order valence-corrected chi connectivity index (χ0v) is 10.9. The number of nitrogens with zero attached hydrogens (tertiary/aromatic N) is 2. The second-order valence-corrected chi connectivity index (χ2v) is 4.47. The fourth-order valence-electron chi connectivity index (χ4n) is 1.81. The average molecular weight is 265 g/mol. The van der Waals surface area contributed by atoms with Crippen LogP contribution in [0, 0.1) is 0 Å². The number of fused-ring (bicyclic) bond motifs is 1. The Balaban J connectivity index is 1.89. The van der Waals surface area contributed by atoms with Crippen molar-refractivity contribution in [1.29, 1.82) is 0 Å². The van der Waals surface area contributed by atoms with Crippen molar-refractivity contribution < 1.29 is 0 Å². The summed E-state index contributed by atoms with van der Waals surface area (Å²) >= 11 is 5.35. The number of para-hydroxylation sites is 1. The number of hydrogen-bond acceptors (Lipinski definition) is 3. The minimum absolute atomic E-state index is 0.574. The summed E-state index contributed by atoms with van der Waals surface area (Å²) in [5.74, 6) is 0.724. The molecular weight excluding hydrogens is 254 g/mol. The highest BCUT2D eigenvalue weighted by atomic mass is 32.1. The Morgan fingerprint density at radius 3 is 2.63 bits per heavy atom. The van der Waals surface area contributed by atoms with Gasteiger partial charge < -0.3 is 5.32 Å². The molecule has 0 saturated heterocycles. The second-order valence-electron chi connectivity index (χ2n) is 4.06. The summed E-state index contributed by atoms with van der Waals surface area (Å²) in [5, 5.41) is 4.18. The van der Waals surface area contributed by atoms with Crippen molar-refractivity contribution in [2.45, 2.75) is 0 Å². The van der Waals surface area contributed by atoms with Gasteiger partial charge in [-0.1, -0.05) is 42.5 Å². The molecule has 0 atom stereocenters. The highest BCUT2D eigenvalue weighted by molar-refractivity contribution is 7.81. The predicted molar refractivity (Wildman–Crippen MR) is 81.3 cm³/mol. The molecule has 0 amide bonds. The molecule has 0 aliphatic heterocycles. The maximum absolute atomic E-state index is 5.35. The number of hydrogen-bond donors (Lipinski definition) is 1. The molecule has 2 aromatic heterocycles. The largest absolute Gasteiger partial charge is 0.330 e. The van der Waals surface area contributed by atoms with Gasteiger partial charge in [-0.25, -0.2) is 9.97 Å². The fraction of sp³-hybridized carbons (Fsp3) is 0. The van der Waals surface area contributed by atoms with Gasteiger partial charge in [-0.3, -0.25) is 0 Å². The van der Waals surface area contributed by atoms with Gasteiger partial charge >= 0.3 is 0 Å². The number of benzene rings is 1. The van der Waals surface area contributed by atoms with E-state index in [4.69, 9.17) is 12.2 Å². The van der Waals surface area contributed by atoms with Crippen LogP contribution in [0.1, 0.15) is 5.69 Å². The van der Waals surface area contributed by atoms with Crippen LogP contribution in [0.2, 0.25) is 0 Å². The molecule has 0 spiro atoms. The normalized spacial score (nSPS) is 10.3. The van der Waals surface area contributed by atoms with E-state index in [0.717, 1.165) is 22.4 Å². The monoisotopic (exact) mass is 265 g/mol. The van der Waals surface area contributed by atoms with E-state index in [0.29, 0.717) is 4.99 Å². The molecule has 1 aromatic carbocycles. The average Bonchev–Trinajstić information content (AvgIpc) is 2.48. The van der Waals surface area contributed by atoms with E-state index in [1.807, 2.05) is 54.6 Å². The van der Waals surface area contributed by atoms with Crippen molar-refractivity contribution in [3.05, 3.63) is 66.5 Å². The lowest BCUT2D eigenvalue weighted by molar-refractivity contribution is 1.31. The third kappa shape index (κ3) is 2.58. The van der Waals surface area contributed by atoms with E-state index >= 15 is 0 Å². The Hall–Kier alpha value is -2.33. The molecule has 2 heterocycles. The molecule has 1 N–H and O–H groups in total. The Labute approximate surface area is 116 Å². The minimum Gasteiger partial charge on any atom is -0.330 e. The molecule has 92 valence electrons. The molecular formula is C15H11N3S. The minimum atomic E-state index is 0.574. The van der Waals surface area contributed by atoms with Crippen LogP contribution in [0.4, 0.5) is 5.82 Å². The summed E-state index contributed by atoms with van der Waals surface area (Å²) < 4.78 is 0. The Bertz CT molecular complexity index is 726. The molecule has 0 aliphatic carbocycles. The molecule has 0 bridgehead atoms. The number of anilines is 1. The summed E-state index contributed by atoms with van der Waals surface area (Å²) in [6, 6.07) is 17.5. The van der Waals surface area contributed by atoms with Crippen LogP contribution in [0.5, 0.6) is 0 Å². The number of aromatic nitrogens is 2. The Kier molecular flexibility index (Phi) is 3.16. The number of rotatable bonds is 2. The van der Waals surface area contributed by atoms with Gasteiger partial charge in [0.2, 0.25) is 0 Å². The third-order valence-corrected chi connectivity index (χ3v) is 3.05. The Morgan fingerprint density at radius 2 is 1.79 bits per heavy atom. The first-order chi connectivity index (χ1) is 9.33. The van der Waals surface area contributed by atoms with Crippen LogP contribution >= 0.6 is 12.2 Å². The van der Waals surface area contributed by atoms with E-state index in [1.165, 1.54) is 0 Å². The van der Waals surface area contributed by atoms with Crippen LogP contribution < -0.4 is 5.32 Å². The van der Waals surface area contributed by atoms with E-state index in [9.17, 15) is 0 Å². The SMILES string of the molecule is S=C(Nc1ccccn1)c1ccc2ccccc2n1. The zero-order valence-electron chi connectivity index (χ0n) is 10.1. The lowest BCUT2D eigenvalue weighted by atomic mass is 10.2. The molecule has 0 radical (unpaired) electrons. The standard InChI is InChI=1S/C15H11N3S/c19-15(18-14-7-3-4-10-16-14)13-9-8-11-5-1-2-6-12(11)17-13/h1-10H,(H,16,18,19). The summed E-state index contributed by atoms with van der Waals surface area (Å²) in [6.07, 6.45) is 1.72.